The second kappa shape index (κ2) is 6.38. The molecule has 0 aromatic heterocycles. The molecule has 5 nitrogen and oxygen atoms in total. The van der Waals surface area contributed by atoms with Gasteiger partial charge in [0.2, 0.25) is 0 Å². The van der Waals surface area contributed by atoms with Crippen LogP contribution in [0.1, 0.15) is 11.7 Å². The second-order valence-electron chi connectivity index (χ2n) is 3.70. The minimum Gasteiger partial charge on any atom is -0.386 e. The molecule has 0 amide bonds. The van der Waals surface area contributed by atoms with E-state index >= 15 is 0 Å². The first kappa shape index (κ1) is 16.0. The number of alkyl halides is 2. The minimum atomic E-state index is -5.00. The predicted molar refractivity (Wildman–Crippen MR) is 63.1 cm³/mol. The Morgan fingerprint density at radius 1 is 1.32 bits per heavy atom. The first-order valence-electron chi connectivity index (χ1n) is 5.29. The molecule has 0 bridgehead atoms. The van der Waals surface area contributed by atoms with E-state index < -0.39 is 34.7 Å². The largest absolute Gasteiger partial charge is 0.392 e. The molecule has 0 radical (unpaired) electrons. The Morgan fingerprint density at radius 2 is 1.89 bits per heavy atom. The third-order valence-corrected chi connectivity index (χ3v) is 3.60. The number of rotatable bonds is 7. The van der Waals surface area contributed by atoms with Gasteiger partial charge in [-0.3, -0.25) is 4.18 Å². The second-order valence-corrected chi connectivity index (χ2v) is 5.54. The predicted octanol–water partition coefficient (Wildman–Crippen LogP) is 1.31. The van der Waals surface area contributed by atoms with Gasteiger partial charge >= 0.3 is 15.4 Å². The van der Waals surface area contributed by atoms with Crippen molar-refractivity contribution in [3.05, 3.63) is 35.9 Å². The number of ether oxygens (including phenoxy) is 1. The van der Waals surface area contributed by atoms with Crippen molar-refractivity contribution in [3.8, 4) is 0 Å². The molecule has 1 atom stereocenters. The van der Waals surface area contributed by atoms with Gasteiger partial charge in [0.1, 0.15) is 12.7 Å². The molecule has 1 rings (SSSR count). The molecular formula is C11H14F2O5S. The number of halogens is 2. The quantitative estimate of drug-likeness (QED) is 0.768. The zero-order valence-corrected chi connectivity index (χ0v) is 10.9. The van der Waals surface area contributed by atoms with Crippen LogP contribution in [0.3, 0.4) is 0 Å². The molecule has 8 heteroatoms. The zero-order chi connectivity index (χ0) is 14.5. The zero-order valence-electron chi connectivity index (χ0n) is 10.1. The van der Waals surface area contributed by atoms with E-state index in [2.05, 4.69) is 8.92 Å². The molecule has 0 saturated carbocycles. The van der Waals surface area contributed by atoms with Gasteiger partial charge < -0.3 is 9.84 Å². The van der Waals surface area contributed by atoms with Crippen molar-refractivity contribution >= 4 is 10.1 Å². The third-order valence-electron chi connectivity index (χ3n) is 2.32. The number of hydrogen-bond acceptors (Lipinski definition) is 5. The highest BCUT2D eigenvalue weighted by atomic mass is 32.2. The molecule has 1 aromatic carbocycles. The van der Waals surface area contributed by atoms with Crippen LogP contribution in [0.2, 0.25) is 0 Å². The first-order valence-corrected chi connectivity index (χ1v) is 6.70. The summed E-state index contributed by atoms with van der Waals surface area (Å²) in [6, 6.07) is 8.26. The SMILES string of the molecule is COS(=O)(=O)C(F)(F)COCC(O)c1ccccc1. The van der Waals surface area contributed by atoms with Gasteiger partial charge in [-0.1, -0.05) is 30.3 Å². The summed E-state index contributed by atoms with van der Waals surface area (Å²) in [6.07, 6.45) is -1.11. The number of aliphatic hydroxyl groups excluding tert-OH is 1. The molecule has 0 spiro atoms. The summed E-state index contributed by atoms with van der Waals surface area (Å²) in [5, 5.41) is 5.47. The maximum atomic E-state index is 13.1. The van der Waals surface area contributed by atoms with Crippen LogP contribution in [0.25, 0.3) is 0 Å². The molecule has 0 fully saturated rings. The molecule has 1 aromatic rings. The normalized spacial score (nSPS) is 14.3. The van der Waals surface area contributed by atoms with Crippen molar-refractivity contribution in [3.63, 3.8) is 0 Å². The molecule has 108 valence electrons. The van der Waals surface area contributed by atoms with E-state index in [0.29, 0.717) is 12.7 Å². The van der Waals surface area contributed by atoms with Gasteiger partial charge in [-0.05, 0) is 5.56 Å². The fourth-order valence-corrected chi connectivity index (χ4v) is 1.73. The van der Waals surface area contributed by atoms with Crippen molar-refractivity contribution in [2.45, 2.75) is 11.4 Å². The summed E-state index contributed by atoms with van der Waals surface area (Å²) in [6.45, 7) is -1.83. The van der Waals surface area contributed by atoms with E-state index in [-0.39, 0.29) is 0 Å². The maximum absolute atomic E-state index is 13.1. The van der Waals surface area contributed by atoms with Crippen LogP contribution in [-0.4, -0.2) is 39.1 Å². The molecule has 0 heterocycles. The third kappa shape index (κ3) is 4.20. The van der Waals surface area contributed by atoms with Gasteiger partial charge in [0.25, 0.3) is 0 Å². The van der Waals surface area contributed by atoms with Crippen LogP contribution in [0.4, 0.5) is 8.78 Å². The van der Waals surface area contributed by atoms with Crippen LogP contribution >= 0.6 is 0 Å². The Bertz CT molecular complexity index is 489. The average Bonchev–Trinajstić information content (AvgIpc) is 2.39. The molecule has 1 N–H and O–H groups in total. The van der Waals surface area contributed by atoms with Gasteiger partial charge in [0.15, 0.2) is 0 Å². The van der Waals surface area contributed by atoms with E-state index in [1.54, 1.807) is 30.3 Å². The van der Waals surface area contributed by atoms with Crippen molar-refractivity contribution < 1.29 is 31.2 Å². The number of hydrogen-bond donors (Lipinski definition) is 1. The van der Waals surface area contributed by atoms with Crippen LogP contribution in [0.15, 0.2) is 30.3 Å². The lowest BCUT2D eigenvalue weighted by Gasteiger charge is -2.17. The first-order chi connectivity index (χ1) is 8.80. The highest BCUT2D eigenvalue weighted by Crippen LogP contribution is 2.24. The standard InChI is InChI=1S/C11H14F2O5S/c1-17-19(15,16)11(12,13)8-18-7-10(14)9-5-3-2-4-6-9/h2-6,10,14H,7-8H2,1H3. The van der Waals surface area contributed by atoms with Gasteiger partial charge in [-0.15, -0.1) is 0 Å². The van der Waals surface area contributed by atoms with Crippen LogP contribution < -0.4 is 0 Å². The van der Waals surface area contributed by atoms with Gasteiger partial charge in [-0.25, -0.2) is 0 Å². The Hall–Kier alpha value is -1.09. The van der Waals surface area contributed by atoms with Crippen molar-refractivity contribution in [2.75, 3.05) is 20.3 Å². The lowest BCUT2D eigenvalue weighted by Crippen LogP contribution is -2.35. The topological polar surface area (TPSA) is 72.8 Å². The molecule has 0 aliphatic heterocycles. The molecule has 0 aliphatic carbocycles. The van der Waals surface area contributed by atoms with Crippen molar-refractivity contribution in [2.24, 2.45) is 0 Å². The number of benzene rings is 1. The van der Waals surface area contributed by atoms with E-state index in [9.17, 15) is 22.3 Å². The van der Waals surface area contributed by atoms with E-state index in [1.165, 1.54) is 0 Å². The molecule has 0 saturated heterocycles. The highest BCUT2D eigenvalue weighted by molar-refractivity contribution is 7.87. The summed E-state index contributed by atoms with van der Waals surface area (Å²) in [5.74, 6) is 0. The summed E-state index contributed by atoms with van der Waals surface area (Å²) in [7, 11) is -4.36. The number of aliphatic hydroxyl groups is 1. The van der Waals surface area contributed by atoms with Gasteiger partial charge in [-0.2, -0.15) is 17.2 Å². The molecule has 1 unspecified atom stereocenters. The summed E-state index contributed by atoms with van der Waals surface area (Å²) >= 11 is 0. The van der Waals surface area contributed by atoms with Crippen LogP contribution in [0, 0.1) is 0 Å². The summed E-state index contributed by atoms with van der Waals surface area (Å²) in [4.78, 5) is 0. The molecular weight excluding hydrogens is 282 g/mol. The van der Waals surface area contributed by atoms with Gasteiger partial charge in [0, 0.05) is 0 Å². The minimum absolute atomic E-state index is 0.446. The van der Waals surface area contributed by atoms with E-state index in [1.807, 2.05) is 0 Å². The van der Waals surface area contributed by atoms with Crippen LogP contribution in [-0.2, 0) is 19.0 Å². The van der Waals surface area contributed by atoms with Crippen molar-refractivity contribution in [1.82, 2.24) is 0 Å². The lowest BCUT2D eigenvalue weighted by atomic mass is 10.1. The van der Waals surface area contributed by atoms with Crippen molar-refractivity contribution in [1.29, 1.82) is 0 Å². The lowest BCUT2D eigenvalue weighted by molar-refractivity contribution is -0.0471. The Morgan fingerprint density at radius 3 is 2.42 bits per heavy atom. The van der Waals surface area contributed by atoms with Crippen LogP contribution in [0.5, 0.6) is 0 Å². The fourth-order valence-electron chi connectivity index (χ4n) is 1.25. The Kier molecular flexibility index (Phi) is 5.36. The summed E-state index contributed by atoms with van der Waals surface area (Å²) in [5.41, 5.74) is 0.486. The monoisotopic (exact) mass is 296 g/mol. The maximum Gasteiger partial charge on any atom is 0.392 e. The Labute approximate surface area is 109 Å². The highest BCUT2D eigenvalue weighted by Gasteiger charge is 2.46. The molecule has 19 heavy (non-hydrogen) atoms. The van der Waals surface area contributed by atoms with Gasteiger partial charge in [0.05, 0.1) is 13.7 Å². The Balaban J connectivity index is 2.51. The van der Waals surface area contributed by atoms with E-state index in [4.69, 9.17) is 0 Å². The molecule has 0 aliphatic rings. The fraction of sp³-hybridized carbons (Fsp3) is 0.455. The van der Waals surface area contributed by atoms with E-state index in [0.717, 1.165) is 0 Å². The average molecular weight is 296 g/mol. The smallest absolute Gasteiger partial charge is 0.386 e. The summed E-state index contributed by atoms with van der Waals surface area (Å²) < 4.78 is 56.2.